The lowest BCUT2D eigenvalue weighted by Crippen LogP contribution is -2.74. The molecule has 3 fully saturated rings. The van der Waals surface area contributed by atoms with Gasteiger partial charge in [0.05, 0.1) is 0 Å². The Labute approximate surface area is 86.5 Å². The standard InChI is InChI=1S/C11H12BrN/c12-9-3-1-2-8(4-9)10-5-11(13,6-10)7-10/h1-4H,5-7,13H2. The van der Waals surface area contributed by atoms with Gasteiger partial charge in [-0.3, -0.25) is 0 Å². The molecule has 68 valence electrons. The van der Waals surface area contributed by atoms with Crippen LogP contribution in [0.2, 0.25) is 0 Å². The van der Waals surface area contributed by atoms with E-state index in [1.165, 1.54) is 29.3 Å². The minimum Gasteiger partial charge on any atom is -0.325 e. The lowest BCUT2D eigenvalue weighted by molar-refractivity contribution is -0.0590. The van der Waals surface area contributed by atoms with Crippen molar-refractivity contribution in [2.75, 3.05) is 0 Å². The van der Waals surface area contributed by atoms with Crippen LogP contribution < -0.4 is 5.73 Å². The Hall–Kier alpha value is -0.340. The number of halogens is 1. The summed E-state index contributed by atoms with van der Waals surface area (Å²) in [6.45, 7) is 0. The van der Waals surface area contributed by atoms with E-state index in [-0.39, 0.29) is 5.54 Å². The van der Waals surface area contributed by atoms with Crippen molar-refractivity contribution in [2.45, 2.75) is 30.2 Å². The maximum atomic E-state index is 6.04. The number of nitrogens with two attached hydrogens (primary N) is 1. The summed E-state index contributed by atoms with van der Waals surface area (Å²) in [5.74, 6) is 0. The molecule has 0 heterocycles. The summed E-state index contributed by atoms with van der Waals surface area (Å²) in [5.41, 5.74) is 8.17. The molecule has 1 nitrogen and oxygen atoms in total. The second kappa shape index (κ2) is 2.18. The second-order valence-electron chi connectivity index (χ2n) is 4.68. The first-order valence-corrected chi connectivity index (χ1v) is 5.46. The van der Waals surface area contributed by atoms with Gasteiger partial charge in [-0.1, -0.05) is 28.1 Å². The summed E-state index contributed by atoms with van der Waals surface area (Å²) in [5, 5.41) is 0. The van der Waals surface area contributed by atoms with E-state index in [0.29, 0.717) is 5.41 Å². The summed E-state index contributed by atoms with van der Waals surface area (Å²) < 4.78 is 1.18. The minimum absolute atomic E-state index is 0.211. The van der Waals surface area contributed by atoms with E-state index in [1.54, 1.807) is 0 Å². The molecule has 0 atom stereocenters. The molecule has 0 unspecified atom stereocenters. The molecule has 0 saturated heterocycles. The zero-order chi connectivity index (χ0) is 9.10. The average molecular weight is 238 g/mol. The van der Waals surface area contributed by atoms with Crippen molar-refractivity contribution >= 4 is 15.9 Å². The first kappa shape index (κ1) is 8.01. The van der Waals surface area contributed by atoms with Crippen LogP contribution in [-0.4, -0.2) is 5.54 Å². The highest BCUT2D eigenvalue weighted by Crippen LogP contribution is 2.66. The molecule has 0 spiro atoms. The monoisotopic (exact) mass is 237 g/mol. The van der Waals surface area contributed by atoms with Gasteiger partial charge in [0.15, 0.2) is 0 Å². The van der Waals surface area contributed by atoms with Gasteiger partial charge < -0.3 is 5.73 Å². The van der Waals surface area contributed by atoms with Crippen LogP contribution in [0.5, 0.6) is 0 Å². The Bertz CT molecular complexity index is 352. The molecule has 3 saturated carbocycles. The first-order valence-electron chi connectivity index (χ1n) is 4.67. The van der Waals surface area contributed by atoms with Gasteiger partial charge in [0.1, 0.15) is 0 Å². The lowest BCUT2D eigenvalue weighted by Gasteiger charge is -2.69. The number of hydrogen-bond donors (Lipinski definition) is 1. The SMILES string of the molecule is NC12CC(c3cccc(Br)c3)(C1)C2. The van der Waals surface area contributed by atoms with E-state index in [1.807, 2.05) is 0 Å². The molecule has 0 aromatic heterocycles. The molecule has 0 aliphatic heterocycles. The van der Waals surface area contributed by atoms with Crippen molar-refractivity contribution in [3.63, 3.8) is 0 Å². The normalized spacial score (nSPS) is 40.8. The van der Waals surface area contributed by atoms with Crippen molar-refractivity contribution in [1.29, 1.82) is 0 Å². The van der Waals surface area contributed by atoms with Gasteiger partial charge in [-0.05, 0) is 37.0 Å². The molecule has 13 heavy (non-hydrogen) atoms. The Balaban J connectivity index is 1.95. The van der Waals surface area contributed by atoms with Crippen molar-refractivity contribution in [3.05, 3.63) is 34.3 Å². The second-order valence-corrected chi connectivity index (χ2v) is 5.60. The Morgan fingerprint density at radius 2 is 1.92 bits per heavy atom. The van der Waals surface area contributed by atoms with Crippen LogP contribution in [0.1, 0.15) is 24.8 Å². The van der Waals surface area contributed by atoms with E-state index in [2.05, 4.69) is 40.2 Å². The lowest BCUT2D eigenvalue weighted by atomic mass is 9.38. The predicted octanol–water partition coefficient (Wildman–Crippen LogP) is 2.58. The molecule has 0 radical (unpaired) electrons. The maximum absolute atomic E-state index is 6.04. The molecule has 2 N–H and O–H groups in total. The first-order chi connectivity index (χ1) is 6.12. The van der Waals surface area contributed by atoms with Crippen molar-refractivity contribution in [3.8, 4) is 0 Å². The third kappa shape index (κ3) is 0.960. The van der Waals surface area contributed by atoms with Crippen molar-refractivity contribution in [2.24, 2.45) is 5.73 Å². The van der Waals surface area contributed by atoms with Crippen LogP contribution in [0.25, 0.3) is 0 Å². The van der Waals surface area contributed by atoms with E-state index in [9.17, 15) is 0 Å². The maximum Gasteiger partial charge on any atom is 0.0179 e. The summed E-state index contributed by atoms with van der Waals surface area (Å²) in [6.07, 6.45) is 3.57. The fraction of sp³-hybridized carbons (Fsp3) is 0.455. The average Bonchev–Trinajstić information content (AvgIpc) is 1.97. The summed E-state index contributed by atoms with van der Waals surface area (Å²) in [6, 6.07) is 8.65. The molecule has 2 bridgehead atoms. The van der Waals surface area contributed by atoms with Crippen LogP contribution >= 0.6 is 15.9 Å². The molecular formula is C11H12BrN. The van der Waals surface area contributed by atoms with E-state index in [0.717, 1.165) is 0 Å². The Kier molecular flexibility index (Phi) is 1.34. The van der Waals surface area contributed by atoms with Crippen LogP contribution in [-0.2, 0) is 5.41 Å². The Morgan fingerprint density at radius 1 is 1.23 bits per heavy atom. The van der Waals surface area contributed by atoms with Crippen molar-refractivity contribution < 1.29 is 0 Å². The zero-order valence-electron chi connectivity index (χ0n) is 7.39. The van der Waals surface area contributed by atoms with E-state index >= 15 is 0 Å². The fourth-order valence-electron chi connectivity index (χ4n) is 2.99. The smallest absolute Gasteiger partial charge is 0.0179 e. The summed E-state index contributed by atoms with van der Waals surface area (Å²) in [7, 11) is 0. The third-order valence-electron chi connectivity index (χ3n) is 3.51. The highest BCUT2D eigenvalue weighted by Gasteiger charge is 2.66. The van der Waals surface area contributed by atoms with E-state index in [4.69, 9.17) is 5.73 Å². The summed E-state index contributed by atoms with van der Waals surface area (Å²) in [4.78, 5) is 0. The number of benzene rings is 1. The largest absolute Gasteiger partial charge is 0.325 e. The zero-order valence-corrected chi connectivity index (χ0v) is 8.97. The van der Waals surface area contributed by atoms with Gasteiger partial charge in [-0.2, -0.15) is 0 Å². The van der Waals surface area contributed by atoms with E-state index < -0.39 is 0 Å². The Morgan fingerprint density at radius 3 is 2.46 bits per heavy atom. The minimum atomic E-state index is 0.211. The van der Waals surface area contributed by atoms with Crippen LogP contribution in [0, 0.1) is 0 Å². The molecule has 1 aromatic carbocycles. The number of hydrogen-bond acceptors (Lipinski definition) is 1. The van der Waals surface area contributed by atoms with Gasteiger partial charge >= 0.3 is 0 Å². The molecule has 2 heteroatoms. The molecule has 3 aliphatic rings. The molecular weight excluding hydrogens is 226 g/mol. The molecule has 3 aliphatic carbocycles. The fourth-order valence-corrected chi connectivity index (χ4v) is 3.39. The van der Waals surface area contributed by atoms with Crippen molar-refractivity contribution in [1.82, 2.24) is 0 Å². The van der Waals surface area contributed by atoms with Gasteiger partial charge in [0, 0.05) is 15.4 Å². The van der Waals surface area contributed by atoms with Gasteiger partial charge in [0.25, 0.3) is 0 Å². The topological polar surface area (TPSA) is 26.0 Å². The predicted molar refractivity (Wildman–Crippen MR) is 56.6 cm³/mol. The highest BCUT2D eigenvalue weighted by molar-refractivity contribution is 9.10. The van der Waals surface area contributed by atoms with Gasteiger partial charge in [-0.25, -0.2) is 0 Å². The molecule has 4 rings (SSSR count). The molecule has 1 aromatic rings. The summed E-state index contributed by atoms with van der Waals surface area (Å²) >= 11 is 3.51. The third-order valence-corrected chi connectivity index (χ3v) is 4.00. The van der Waals surface area contributed by atoms with Crippen LogP contribution in [0.4, 0.5) is 0 Å². The van der Waals surface area contributed by atoms with Gasteiger partial charge in [0.2, 0.25) is 0 Å². The molecule has 0 amide bonds. The van der Waals surface area contributed by atoms with Gasteiger partial charge in [-0.15, -0.1) is 0 Å². The van der Waals surface area contributed by atoms with Crippen LogP contribution in [0.3, 0.4) is 0 Å². The number of rotatable bonds is 1. The quantitative estimate of drug-likeness (QED) is 0.799. The van der Waals surface area contributed by atoms with Crippen LogP contribution in [0.15, 0.2) is 28.7 Å². The highest BCUT2D eigenvalue weighted by atomic mass is 79.9.